The van der Waals surface area contributed by atoms with Crippen molar-refractivity contribution >= 4 is 10.9 Å². The first kappa shape index (κ1) is 9.67. The van der Waals surface area contributed by atoms with Crippen molar-refractivity contribution < 1.29 is 0 Å². The van der Waals surface area contributed by atoms with Gasteiger partial charge >= 0.3 is 0 Å². The molecule has 0 spiro atoms. The third-order valence-electron chi connectivity index (χ3n) is 2.51. The number of pyridine rings is 1. The molecule has 0 aliphatic carbocycles. The third-order valence-corrected chi connectivity index (χ3v) is 2.51. The third kappa shape index (κ3) is 1.57. The molecule has 15 heavy (non-hydrogen) atoms. The van der Waals surface area contributed by atoms with Crippen LogP contribution in [0, 0.1) is 11.3 Å². The van der Waals surface area contributed by atoms with Crippen molar-refractivity contribution in [2.45, 2.75) is 19.8 Å². The van der Waals surface area contributed by atoms with Crippen LogP contribution in [0.4, 0.5) is 0 Å². The predicted octanol–water partition coefficient (Wildman–Crippen LogP) is 3.23. The van der Waals surface area contributed by atoms with E-state index in [9.17, 15) is 0 Å². The van der Waals surface area contributed by atoms with Gasteiger partial charge in [0.25, 0.3) is 0 Å². The van der Waals surface area contributed by atoms with Crippen LogP contribution >= 0.6 is 0 Å². The molecule has 2 heteroatoms. The summed E-state index contributed by atoms with van der Waals surface area (Å²) in [5.74, 6) is 0.340. The fourth-order valence-electron chi connectivity index (χ4n) is 1.87. The maximum absolute atomic E-state index is 9.04. The largest absolute Gasteiger partial charge is 0.255 e. The minimum atomic E-state index is 0.340. The number of hydrogen-bond donors (Lipinski definition) is 0. The Morgan fingerprint density at radius 1 is 1.27 bits per heavy atom. The fourth-order valence-corrected chi connectivity index (χ4v) is 1.87. The average Bonchev–Trinajstić information content (AvgIpc) is 2.27. The van der Waals surface area contributed by atoms with Crippen LogP contribution < -0.4 is 0 Å². The van der Waals surface area contributed by atoms with Gasteiger partial charge in [0.2, 0.25) is 0 Å². The van der Waals surface area contributed by atoms with Gasteiger partial charge in [-0.1, -0.05) is 32.0 Å². The normalized spacial score (nSPS) is 10.5. The molecule has 0 atom stereocenters. The predicted molar refractivity (Wildman–Crippen MR) is 60.5 cm³/mol. The van der Waals surface area contributed by atoms with Crippen LogP contribution in [-0.4, -0.2) is 4.98 Å². The summed E-state index contributed by atoms with van der Waals surface area (Å²) in [5, 5.41) is 10.1. The Morgan fingerprint density at radius 3 is 2.67 bits per heavy atom. The van der Waals surface area contributed by atoms with E-state index < -0.39 is 0 Å². The maximum Gasteiger partial charge on any atom is 0.101 e. The summed E-state index contributed by atoms with van der Waals surface area (Å²) in [5.41, 5.74) is 2.74. The van der Waals surface area contributed by atoms with Crippen molar-refractivity contribution in [1.82, 2.24) is 4.98 Å². The van der Waals surface area contributed by atoms with E-state index in [1.165, 1.54) is 0 Å². The molecule has 2 nitrogen and oxygen atoms in total. The summed E-state index contributed by atoms with van der Waals surface area (Å²) < 4.78 is 0. The molecule has 0 aliphatic rings. The van der Waals surface area contributed by atoms with Crippen molar-refractivity contribution in [2.24, 2.45) is 0 Å². The van der Waals surface area contributed by atoms with E-state index >= 15 is 0 Å². The number of nitrogens with zero attached hydrogens (tertiary/aromatic N) is 2. The molecule has 0 amide bonds. The van der Waals surface area contributed by atoms with Crippen LogP contribution in [0.1, 0.15) is 30.9 Å². The first-order chi connectivity index (χ1) is 7.24. The van der Waals surface area contributed by atoms with E-state index in [-0.39, 0.29) is 0 Å². The van der Waals surface area contributed by atoms with E-state index in [4.69, 9.17) is 5.26 Å². The zero-order chi connectivity index (χ0) is 10.8. The Morgan fingerprint density at radius 2 is 2.00 bits per heavy atom. The number of aromatic nitrogens is 1. The molecule has 1 heterocycles. The van der Waals surface area contributed by atoms with Gasteiger partial charge in [0.1, 0.15) is 6.07 Å². The molecule has 0 saturated heterocycles. The fraction of sp³-hybridized carbons (Fsp3) is 0.231. The van der Waals surface area contributed by atoms with Crippen LogP contribution in [0.15, 0.2) is 30.5 Å². The van der Waals surface area contributed by atoms with Gasteiger partial charge in [-0.2, -0.15) is 5.26 Å². The van der Waals surface area contributed by atoms with E-state index in [0.29, 0.717) is 11.5 Å². The lowest BCUT2D eigenvalue weighted by atomic mass is 9.95. The number of para-hydroxylation sites is 1. The summed E-state index contributed by atoms with van der Waals surface area (Å²) in [7, 11) is 0. The second-order valence-electron chi connectivity index (χ2n) is 3.87. The molecule has 74 valence electrons. The zero-order valence-corrected chi connectivity index (χ0v) is 8.86. The molecule has 0 radical (unpaired) electrons. The van der Waals surface area contributed by atoms with Gasteiger partial charge in [-0.05, 0) is 17.5 Å². The minimum Gasteiger partial charge on any atom is -0.255 e. The number of hydrogen-bond acceptors (Lipinski definition) is 2. The van der Waals surface area contributed by atoms with Crippen LogP contribution in [0.2, 0.25) is 0 Å². The summed E-state index contributed by atoms with van der Waals surface area (Å²) in [6.45, 7) is 4.20. The lowest BCUT2D eigenvalue weighted by Crippen LogP contribution is -1.96. The maximum atomic E-state index is 9.04. The molecule has 0 N–H and O–H groups in total. The number of fused-ring (bicyclic) bond motifs is 1. The Kier molecular flexibility index (Phi) is 2.39. The SMILES string of the molecule is CC(C)c1c(C#N)cnc2ccccc12. The first-order valence-electron chi connectivity index (χ1n) is 5.01. The quantitative estimate of drug-likeness (QED) is 0.702. The summed E-state index contributed by atoms with van der Waals surface area (Å²) in [4.78, 5) is 4.27. The molecule has 0 bridgehead atoms. The van der Waals surface area contributed by atoms with Crippen molar-refractivity contribution in [1.29, 1.82) is 5.26 Å². The molecule has 0 aliphatic heterocycles. The second-order valence-corrected chi connectivity index (χ2v) is 3.87. The minimum absolute atomic E-state index is 0.340. The first-order valence-corrected chi connectivity index (χ1v) is 5.01. The van der Waals surface area contributed by atoms with Crippen LogP contribution in [0.3, 0.4) is 0 Å². The summed E-state index contributed by atoms with van der Waals surface area (Å²) >= 11 is 0. The molecule has 1 aromatic carbocycles. The Bertz CT molecular complexity index is 536. The number of benzene rings is 1. The molecule has 0 saturated carbocycles. The average molecular weight is 196 g/mol. The van der Waals surface area contributed by atoms with Gasteiger partial charge in [-0.25, -0.2) is 0 Å². The lowest BCUT2D eigenvalue weighted by Gasteiger charge is -2.10. The van der Waals surface area contributed by atoms with E-state index in [2.05, 4.69) is 24.9 Å². The van der Waals surface area contributed by atoms with Gasteiger partial charge in [0.05, 0.1) is 11.1 Å². The van der Waals surface area contributed by atoms with E-state index in [1.807, 2.05) is 24.3 Å². The lowest BCUT2D eigenvalue weighted by molar-refractivity contribution is 0.870. The van der Waals surface area contributed by atoms with Gasteiger partial charge < -0.3 is 0 Å². The van der Waals surface area contributed by atoms with Gasteiger partial charge in [0.15, 0.2) is 0 Å². The monoisotopic (exact) mass is 196 g/mol. The number of rotatable bonds is 1. The molecule has 2 rings (SSSR count). The highest BCUT2D eigenvalue weighted by Crippen LogP contribution is 2.26. The smallest absolute Gasteiger partial charge is 0.101 e. The van der Waals surface area contributed by atoms with Gasteiger partial charge in [0, 0.05) is 11.6 Å². The Hall–Kier alpha value is -1.88. The molecule has 1 aromatic heterocycles. The zero-order valence-electron chi connectivity index (χ0n) is 8.86. The Labute approximate surface area is 89.2 Å². The molecular formula is C13H12N2. The van der Waals surface area contributed by atoms with Crippen LogP contribution in [0.5, 0.6) is 0 Å². The van der Waals surface area contributed by atoms with Crippen molar-refractivity contribution in [3.8, 4) is 6.07 Å². The topological polar surface area (TPSA) is 36.7 Å². The highest BCUT2D eigenvalue weighted by molar-refractivity contribution is 5.84. The van der Waals surface area contributed by atoms with Gasteiger partial charge in [-0.15, -0.1) is 0 Å². The van der Waals surface area contributed by atoms with Crippen molar-refractivity contribution in [3.63, 3.8) is 0 Å². The van der Waals surface area contributed by atoms with E-state index in [0.717, 1.165) is 16.5 Å². The highest BCUT2D eigenvalue weighted by atomic mass is 14.7. The standard InChI is InChI=1S/C13H12N2/c1-9(2)13-10(7-14)8-15-12-6-4-3-5-11(12)13/h3-6,8-9H,1-2H3. The van der Waals surface area contributed by atoms with E-state index in [1.54, 1.807) is 6.20 Å². The van der Waals surface area contributed by atoms with Crippen LogP contribution in [0.25, 0.3) is 10.9 Å². The van der Waals surface area contributed by atoms with Crippen molar-refractivity contribution in [3.05, 3.63) is 41.6 Å². The Balaban J connectivity index is 2.86. The molecule has 0 unspecified atom stereocenters. The number of nitriles is 1. The summed E-state index contributed by atoms with van der Waals surface area (Å²) in [6, 6.07) is 10.2. The second kappa shape index (κ2) is 3.70. The highest BCUT2D eigenvalue weighted by Gasteiger charge is 2.11. The molecule has 0 fully saturated rings. The molecular weight excluding hydrogens is 184 g/mol. The summed E-state index contributed by atoms with van der Waals surface area (Å²) in [6.07, 6.45) is 1.66. The van der Waals surface area contributed by atoms with Crippen molar-refractivity contribution in [2.75, 3.05) is 0 Å². The van der Waals surface area contributed by atoms with Crippen LogP contribution in [-0.2, 0) is 0 Å². The molecule has 2 aromatic rings. The van der Waals surface area contributed by atoms with Gasteiger partial charge in [-0.3, -0.25) is 4.98 Å².